The van der Waals surface area contributed by atoms with Crippen molar-refractivity contribution in [2.75, 3.05) is 19.5 Å². The van der Waals surface area contributed by atoms with Crippen molar-refractivity contribution < 1.29 is 22.7 Å². The fourth-order valence-corrected chi connectivity index (χ4v) is 3.97. The van der Waals surface area contributed by atoms with Crippen LogP contribution in [0.2, 0.25) is 0 Å². The number of rotatable bonds is 7. The molecule has 0 aliphatic carbocycles. The van der Waals surface area contributed by atoms with E-state index in [9.17, 15) is 13.2 Å². The SMILES string of the molecule is COc1ccc(S(=O)(=O)c2ccc(NC(=O)NCc3cccnc3)cc2)cc1OC. The molecule has 0 radical (unpaired) electrons. The van der Waals surface area contributed by atoms with Crippen LogP contribution < -0.4 is 20.1 Å². The largest absolute Gasteiger partial charge is 0.493 e. The third-order valence-corrected chi connectivity index (χ3v) is 6.03. The molecular weight excluding hydrogens is 406 g/mol. The van der Waals surface area contributed by atoms with E-state index in [1.54, 1.807) is 18.5 Å². The number of sulfone groups is 1. The minimum atomic E-state index is -3.76. The van der Waals surface area contributed by atoms with E-state index in [0.29, 0.717) is 23.7 Å². The van der Waals surface area contributed by atoms with E-state index in [2.05, 4.69) is 15.6 Å². The lowest BCUT2D eigenvalue weighted by Gasteiger charge is -2.11. The molecule has 1 heterocycles. The molecule has 0 fully saturated rings. The van der Waals surface area contributed by atoms with E-state index in [4.69, 9.17) is 9.47 Å². The molecule has 0 saturated heterocycles. The number of urea groups is 1. The zero-order valence-electron chi connectivity index (χ0n) is 16.5. The van der Waals surface area contributed by atoms with Crippen LogP contribution in [-0.4, -0.2) is 33.7 Å². The summed E-state index contributed by atoms with van der Waals surface area (Å²) in [4.78, 5) is 16.2. The van der Waals surface area contributed by atoms with Crippen LogP contribution in [0.5, 0.6) is 11.5 Å². The van der Waals surface area contributed by atoms with Gasteiger partial charge >= 0.3 is 6.03 Å². The van der Waals surface area contributed by atoms with Crippen LogP contribution in [0.1, 0.15) is 5.56 Å². The first kappa shape index (κ1) is 21.1. The Morgan fingerprint density at radius 3 is 2.30 bits per heavy atom. The Hall–Kier alpha value is -3.59. The van der Waals surface area contributed by atoms with Crippen molar-refractivity contribution in [3.63, 3.8) is 0 Å². The first-order valence-electron chi connectivity index (χ1n) is 8.95. The highest BCUT2D eigenvalue weighted by Crippen LogP contribution is 2.32. The van der Waals surface area contributed by atoms with Gasteiger partial charge in [0, 0.05) is 30.7 Å². The predicted octanol–water partition coefficient (Wildman–Crippen LogP) is 3.25. The van der Waals surface area contributed by atoms with Crippen molar-refractivity contribution in [1.82, 2.24) is 10.3 Å². The smallest absolute Gasteiger partial charge is 0.319 e. The number of aromatic nitrogens is 1. The number of carbonyl (C=O) groups excluding carboxylic acids is 1. The molecule has 156 valence electrons. The fraction of sp³-hybridized carbons (Fsp3) is 0.143. The predicted molar refractivity (Wildman–Crippen MR) is 112 cm³/mol. The molecule has 9 heteroatoms. The molecule has 2 amide bonds. The maximum atomic E-state index is 12.9. The molecule has 3 aromatic rings. The van der Waals surface area contributed by atoms with E-state index < -0.39 is 15.9 Å². The number of hydrogen-bond donors (Lipinski definition) is 2. The van der Waals surface area contributed by atoms with Gasteiger partial charge in [0.15, 0.2) is 11.5 Å². The molecule has 2 N–H and O–H groups in total. The average Bonchev–Trinajstić information content (AvgIpc) is 2.78. The van der Waals surface area contributed by atoms with Gasteiger partial charge in [0.05, 0.1) is 24.0 Å². The van der Waals surface area contributed by atoms with Crippen LogP contribution in [0.4, 0.5) is 10.5 Å². The highest BCUT2D eigenvalue weighted by molar-refractivity contribution is 7.91. The summed E-state index contributed by atoms with van der Waals surface area (Å²) >= 11 is 0. The third kappa shape index (κ3) is 4.87. The summed E-state index contributed by atoms with van der Waals surface area (Å²) in [5.41, 5.74) is 1.33. The number of nitrogens with one attached hydrogen (secondary N) is 2. The Morgan fingerprint density at radius 2 is 1.67 bits per heavy atom. The lowest BCUT2D eigenvalue weighted by molar-refractivity contribution is 0.251. The fourth-order valence-electron chi connectivity index (χ4n) is 2.70. The van der Waals surface area contributed by atoms with Gasteiger partial charge in [-0.1, -0.05) is 6.07 Å². The molecular formula is C21H21N3O5S. The second-order valence-corrected chi connectivity index (χ2v) is 8.16. The summed E-state index contributed by atoms with van der Waals surface area (Å²) in [6.45, 7) is 0.325. The molecule has 8 nitrogen and oxygen atoms in total. The van der Waals surface area contributed by atoms with Gasteiger partial charge in [-0.15, -0.1) is 0 Å². The molecule has 0 spiro atoms. The Bertz CT molecular complexity index is 1120. The summed E-state index contributed by atoms with van der Waals surface area (Å²) < 4.78 is 36.1. The third-order valence-electron chi connectivity index (χ3n) is 4.26. The normalized spacial score (nSPS) is 10.9. The van der Waals surface area contributed by atoms with Gasteiger partial charge in [-0.05, 0) is 48.0 Å². The van der Waals surface area contributed by atoms with Gasteiger partial charge in [-0.3, -0.25) is 4.98 Å². The second-order valence-electron chi connectivity index (χ2n) is 6.21. The van der Waals surface area contributed by atoms with E-state index in [-0.39, 0.29) is 9.79 Å². The minimum Gasteiger partial charge on any atom is -0.493 e. The van der Waals surface area contributed by atoms with Gasteiger partial charge in [0.1, 0.15) is 0 Å². The Kier molecular flexibility index (Phi) is 6.53. The van der Waals surface area contributed by atoms with Crippen molar-refractivity contribution in [1.29, 1.82) is 0 Å². The van der Waals surface area contributed by atoms with Crippen LogP contribution in [0, 0.1) is 0 Å². The van der Waals surface area contributed by atoms with Crippen molar-refractivity contribution in [3.05, 3.63) is 72.6 Å². The standard InChI is InChI=1S/C21H21N3O5S/c1-28-19-10-9-18(12-20(19)29-2)30(26,27)17-7-5-16(6-8-17)24-21(25)23-14-15-4-3-11-22-13-15/h3-13H,14H2,1-2H3,(H2,23,24,25). The number of amides is 2. The molecule has 0 unspecified atom stereocenters. The molecule has 0 atom stereocenters. The summed E-state index contributed by atoms with van der Waals surface area (Å²) in [5, 5.41) is 5.37. The number of methoxy groups -OCH3 is 2. The number of anilines is 1. The van der Waals surface area contributed by atoms with Gasteiger partial charge < -0.3 is 20.1 Å². The number of carbonyl (C=O) groups is 1. The van der Waals surface area contributed by atoms with E-state index in [1.807, 2.05) is 6.07 Å². The summed E-state index contributed by atoms with van der Waals surface area (Å²) in [6, 6.07) is 13.5. The molecule has 2 aromatic carbocycles. The van der Waals surface area contributed by atoms with Crippen LogP contribution in [-0.2, 0) is 16.4 Å². The van der Waals surface area contributed by atoms with Crippen LogP contribution in [0.25, 0.3) is 0 Å². The van der Waals surface area contributed by atoms with Gasteiger partial charge in [0.2, 0.25) is 9.84 Å². The quantitative estimate of drug-likeness (QED) is 0.599. The lowest BCUT2D eigenvalue weighted by Crippen LogP contribution is -2.28. The molecule has 3 rings (SSSR count). The zero-order valence-corrected chi connectivity index (χ0v) is 17.3. The molecule has 0 saturated carbocycles. The van der Waals surface area contributed by atoms with E-state index in [1.165, 1.54) is 56.7 Å². The highest BCUT2D eigenvalue weighted by atomic mass is 32.2. The van der Waals surface area contributed by atoms with E-state index in [0.717, 1.165) is 5.56 Å². The zero-order chi connectivity index (χ0) is 21.6. The summed E-state index contributed by atoms with van der Waals surface area (Å²) in [6.07, 6.45) is 3.31. The highest BCUT2D eigenvalue weighted by Gasteiger charge is 2.20. The molecule has 0 aliphatic heterocycles. The first-order valence-corrected chi connectivity index (χ1v) is 10.4. The van der Waals surface area contributed by atoms with Gasteiger partial charge in [-0.2, -0.15) is 0 Å². The van der Waals surface area contributed by atoms with E-state index >= 15 is 0 Å². The average molecular weight is 427 g/mol. The Morgan fingerprint density at radius 1 is 0.967 bits per heavy atom. The van der Waals surface area contributed by atoms with Gasteiger partial charge in [0.25, 0.3) is 0 Å². The lowest BCUT2D eigenvalue weighted by atomic mass is 10.3. The number of pyridine rings is 1. The van der Waals surface area contributed by atoms with Crippen LogP contribution in [0.15, 0.2) is 76.8 Å². The molecule has 0 bridgehead atoms. The number of benzene rings is 2. The van der Waals surface area contributed by atoms with Crippen molar-refractivity contribution in [2.45, 2.75) is 16.3 Å². The Labute approximate surface area is 174 Å². The Balaban J connectivity index is 1.69. The number of hydrogen-bond acceptors (Lipinski definition) is 6. The maximum absolute atomic E-state index is 12.9. The minimum absolute atomic E-state index is 0.0788. The van der Waals surface area contributed by atoms with Crippen LogP contribution in [0.3, 0.4) is 0 Å². The summed E-state index contributed by atoms with van der Waals surface area (Å²) in [7, 11) is -0.843. The maximum Gasteiger partial charge on any atom is 0.319 e. The number of ether oxygens (including phenoxy) is 2. The topological polar surface area (TPSA) is 107 Å². The molecule has 30 heavy (non-hydrogen) atoms. The summed E-state index contributed by atoms with van der Waals surface area (Å²) in [5.74, 6) is 0.760. The number of nitrogens with zero attached hydrogens (tertiary/aromatic N) is 1. The molecule has 1 aromatic heterocycles. The van der Waals surface area contributed by atoms with Crippen molar-refractivity contribution in [2.24, 2.45) is 0 Å². The second kappa shape index (κ2) is 9.27. The van der Waals surface area contributed by atoms with Crippen molar-refractivity contribution in [3.8, 4) is 11.5 Å². The molecule has 0 aliphatic rings. The monoisotopic (exact) mass is 427 g/mol. The van der Waals surface area contributed by atoms with Crippen molar-refractivity contribution >= 4 is 21.6 Å². The van der Waals surface area contributed by atoms with Gasteiger partial charge in [-0.25, -0.2) is 13.2 Å². The van der Waals surface area contributed by atoms with Crippen LogP contribution >= 0.6 is 0 Å². The first-order chi connectivity index (χ1) is 14.4.